The Labute approximate surface area is 107 Å². The van der Waals surface area contributed by atoms with Gasteiger partial charge >= 0.3 is 12.1 Å². The Bertz CT molecular complexity index is 424. The standard InChI is InChI=1S/C12H10ClF3O2/c13-10-5-3-9(4-6-10)11(17)18-8-2-1-7-12(14,15)16/h1,3-7H,2,8H2/b7-1+. The van der Waals surface area contributed by atoms with Gasteiger partial charge in [0, 0.05) is 11.1 Å². The number of esters is 1. The molecule has 1 aromatic rings. The molecule has 2 nitrogen and oxygen atoms in total. The van der Waals surface area contributed by atoms with Crippen molar-refractivity contribution in [2.45, 2.75) is 12.6 Å². The van der Waals surface area contributed by atoms with Crippen molar-refractivity contribution in [2.24, 2.45) is 0 Å². The SMILES string of the molecule is O=C(OCC/C=C/C(F)(F)F)c1ccc(Cl)cc1. The largest absolute Gasteiger partial charge is 0.462 e. The van der Waals surface area contributed by atoms with Crippen molar-refractivity contribution in [1.82, 2.24) is 0 Å². The van der Waals surface area contributed by atoms with Crippen LogP contribution in [0.4, 0.5) is 13.2 Å². The minimum absolute atomic E-state index is 0.0127. The average Bonchev–Trinajstić information content (AvgIpc) is 2.27. The number of carbonyl (C=O) groups is 1. The third-order valence-electron chi connectivity index (χ3n) is 1.90. The molecular formula is C12H10ClF3O2. The zero-order valence-corrected chi connectivity index (χ0v) is 9.96. The average molecular weight is 279 g/mol. The van der Waals surface area contributed by atoms with Crippen LogP contribution in [0.15, 0.2) is 36.4 Å². The van der Waals surface area contributed by atoms with Gasteiger partial charge < -0.3 is 4.74 Å². The highest BCUT2D eigenvalue weighted by Gasteiger charge is 2.21. The predicted molar refractivity (Wildman–Crippen MR) is 61.5 cm³/mol. The molecule has 0 aliphatic carbocycles. The molecule has 0 N–H and O–H groups in total. The first-order valence-corrected chi connectivity index (χ1v) is 5.43. The number of carbonyl (C=O) groups excluding carboxylic acids is 1. The van der Waals surface area contributed by atoms with E-state index in [1.807, 2.05) is 0 Å². The molecule has 1 aromatic carbocycles. The van der Waals surface area contributed by atoms with Gasteiger partial charge in [-0.05, 0) is 30.7 Å². The zero-order chi connectivity index (χ0) is 13.6. The van der Waals surface area contributed by atoms with Gasteiger partial charge in [0.2, 0.25) is 0 Å². The molecule has 98 valence electrons. The van der Waals surface area contributed by atoms with Gasteiger partial charge in [-0.25, -0.2) is 4.79 Å². The van der Waals surface area contributed by atoms with Crippen LogP contribution in [0.1, 0.15) is 16.8 Å². The maximum Gasteiger partial charge on any atom is 0.409 e. The number of rotatable bonds is 4. The van der Waals surface area contributed by atoms with Crippen molar-refractivity contribution in [2.75, 3.05) is 6.61 Å². The van der Waals surface area contributed by atoms with Crippen molar-refractivity contribution in [3.63, 3.8) is 0 Å². The first kappa shape index (κ1) is 14.6. The van der Waals surface area contributed by atoms with Crippen molar-refractivity contribution in [3.8, 4) is 0 Å². The number of hydrogen-bond acceptors (Lipinski definition) is 2. The fourth-order valence-electron chi connectivity index (χ4n) is 1.11. The van der Waals surface area contributed by atoms with Gasteiger partial charge in [-0.3, -0.25) is 0 Å². The normalized spacial score (nSPS) is 11.8. The third kappa shape index (κ3) is 5.72. The lowest BCUT2D eigenvalue weighted by molar-refractivity contribution is -0.0800. The molecule has 0 atom stereocenters. The van der Waals surface area contributed by atoms with Crippen LogP contribution in [0.2, 0.25) is 5.02 Å². The Balaban J connectivity index is 2.34. The van der Waals surface area contributed by atoms with Crippen LogP contribution in [-0.2, 0) is 4.74 Å². The quantitative estimate of drug-likeness (QED) is 0.473. The van der Waals surface area contributed by atoms with E-state index in [0.29, 0.717) is 10.6 Å². The monoisotopic (exact) mass is 278 g/mol. The number of halogens is 4. The zero-order valence-electron chi connectivity index (χ0n) is 9.21. The van der Waals surface area contributed by atoms with Gasteiger partial charge in [0.1, 0.15) is 0 Å². The summed E-state index contributed by atoms with van der Waals surface area (Å²) in [4.78, 5) is 11.4. The smallest absolute Gasteiger partial charge is 0.409 e. The molecule has 0 fully saturated rings. The Kier molecular flexibility index (Phi) is 5.22. The van der Waals surface area contributed by atoms with Gasteiger partial charge in [-0.15, -0.1) is 0 Å². The molecule has 1 rings (SSSR count). The number of ether oxygens (including phenoxy) is 1. The Morgan fingerprint density at radius 2 is 1.89 bits per heavy atom. The van der Waals surface area contributed by atoms with E-state index in [0.717, 1.165) is 6.08 Å². The van der Waals surface area contributed by atoms with Gasteiger partial charge in [0.05, 0.1) is 12.2 Å². The van der Waals surface area contributed by atoms with Gasteiger partial charge in [0.25, 0.3) is 0 Å². The second kappa shape index (κ2) is 6.44. The van der Waals surface area contributed by atoms with Crippen molar-refractivity contribution in [3.05, 3.63) is 47.0 Å². The Hall–Kier alpha value is -1.49. The summed E-state index contributed by atoms with van der Waals surface area (Å²) in [6.07, 6.45) is -3.29. The summed E-state index contributed by atoms with van der Waals surface area (Å²) >= 11 is 5.64. The summed E-state index contributed by atoms with van der Waals surface area (Å²) in [5, 5.41) is 0.486. The van der Waals surface area contributed by atoms with Crippen LogP contribution in [0.3, 0.4) is 0 Å². The lowest BCUT2D eigenvalue weighted by Gasteiger charge is -2.03. The van der Waals surface area contributed by atoms with Crippen molar-refractivity contribution >= 4 is 17.6 Å². The first-order valence-electron chi connectivity index (χ1n) is 5.05. The van der Waals surface area contributed by atoms with Crippen LogP contribution in [0, 0.1) is 0 Å². The molecule has 0 aliphatic heterocycles. The number of benzene rings is 1. The molecule has 0 saturated heterocycles. The molecule has 0 heterocycles. The fourth-order valence-corrected chi connectivity index (χ4v) is 1.23. The number of hydrogen-bond donors (Lipinski definition) is 0. The van der Waals surface area contributed by atoms with E-state index in [1.54, 1.807) is 0 Å². The lowest BCUT2D eigenvalue weighted by atomic mass is 10.2. The summed E-state index contributed by atoms with van der Waals surface area (Å²) in [5.74, 6) is -0.591. The fraction of sp³-hybridized carbons (Fsp3) is 0.250. The molecule has 0 bridgehead atoms. The molecule has 0 saturated carbocycles. The maximum absolute atomic E-state index is 11.7. The molecule has 0 unspecified atom stereocenters. The lowest BCUT2D eigenvalue weighted by Crippen LogP contribution is -2.06. The van der Waals surface area contributed by atoms with Crippen molar-refractivity contribution < 1.29 is 22.7 Å². The molecular weight excluding hydrogens is 269 g/mol. The number of alkyl halides is 3. The highest BCUT2D eigenvalue weighted by molar-refractivity contribution is 6.30. The molecule has 6 heteroatoms. The summed E-state index contributed by atoms with van der Waals surface area (Å²) in [6.45, 7) is -0.103. The Morgan fingerprint density at radius 3 is 2.44 bits per heavy atom. The third-order valence-corrected chi connectivity index (χ3v) is 2.16. The molecule has 18 heavy (non-hydrogen) atoms. The van der Waals surface area contributed by atoms with Crippen LogP contribution < -0.4 is 0 Å². The minimum atomic E-state index is -4.33. The second-order valence-electron chi connectivity index (χ2n) is 3.38. The highest BCUT2D eigenvalue weighted by atomic mass is 35.5. The maximum atomic E-state index is 11.7. The summed E-state index contributed by atoms with van der Waals surface area (Å²) < 4.78 is 40.0. The topological polar surface area (TPSA) is 26.3 Å². The van der Waals surface area contributed by atoms with E-state index in [-0.39, 0.29) is 19.1 Å². The van der Waals surface area contributed by atoms with Gasteiger partial charge in [0.15, 0.2) is 0 Å². The van der Waals surface area contributed by atoms with Crippen LogP contribution in [-0.4, -0.2) is 18.8 Å². The first-order chi connectivity index (χ1) is 8.38. The van der Waals surface area contributed by atoms with Crippen LogP contribution in [0.25, 0.3) is 0 Å². The minimum Gasteiger partial charge on any atom is -0.462 e. The second-order valence-corrected chi connectivity index (χ2v) is 3.81. The van der Waals surface area contributed by atoms with E-state index in [2.05, 4.69) is 0 Å². The summed E-state index contributed by atoms with van der Waals surface area (Å²) in [7, 11) is 0. The summed E-state index contributed by atoms with van der Waals surface area (Å²) in [5.41, 5.74) is 0.305. The number of allylic oxidation sites excluding steroid dienone is 1. The Morgan fingerprint density at radius 1 is 1.28 bits per heavy atom. The molecule has 0 radical (unpaired) electrons. The van der Waals surface area contributed by atoms with E-state index < -0.39 is 12.1 Å². The highest BCUT2D eigenvalue weighted by Crippen LogP contribution is 2.16. The molecule has 0 aromatic heterocycles. The van der Waals surface area contributed by atoms with E-state index >= 15 is 0 Å². The predicted octanol–water partition coefficient (Wildman–Crippen LogP) is 4.01. The van der Waals surface area contributed by atoms with Crippen LogP contribution >= 0.6 is 11.6 Å². The molecule has 0 aliphatic rings. The van der Waals surface area contributed by atoms with E-state index in [4.69, 9.17) is 16.3 Å². The van der Waals surface area contributed by atoms with E-state index in [9.17, 15) is 18.0 Å². The molecule has 0 spiro atoms. The van der Waals surface area contributed by atoms with E-state index in [1.165, 1.54) is 24.3 Å². The van der Waals surface area contributed by atoms with Crippen molar-refractivity contribution in [1.29, 1.82) is 0 Å². The van der Waals surface area contributed by atoms with Gasteiger partial charge in [-0.2, -0.15) is 13.2 Å². The summed E-state index contributed by atoms with van der Waals surface area (Å²) in [6, 6.07) is 6.02. The van der Waals surface area contributed by atoms with Crippen LogP contribution in [0.5, 0.6) is 0 Å². The molecule has 0 amide bonds. The van der Waals surface area contributed by atoms with Gasteiger partial charge in [-0.1, -0.05) is 17.7 Å².